The number of rotatable bonds is 2. The van der Waals surface area contributed by atoms with Crippen LogP contribution in [0.15, 0.2) is 59.6 Å². The van der Waals surface area contributed by atoms with Crippen molar-refractivity contribution in [2.75, 3.05) is 0 Å². The third-order valence-electron chi connectivity index (χ3n) is 3.35. The van der Waals surface area contributed by atoms with E-state index in [0.717, 1.165) is 21.8 Å². The SMILES string of the molecule is Cc1ccc(C2=C[C@H](c3ccccc3Cl)SC(N)=N2)cc1. The molecule has 1 aliphatic heterocycles. The molecule has 2 nitrogen and oxygen atoms in total. The topological polar surface area (TPSA) is 38.4 Å². The van der Waals surface area contributed by atoms with Gasteiger partial charge >= 0.3 is 0 Å². The second-order valence-electron chi connectivity index (χ2n) is 4.93. The lowest BCUT2D eigenvalue weighted by Crippen LogP contribution is -2.13. The van der Waals surface area contributed by atoms with Gasteiger partial charge in [0.15, 0.2) is 5.17 Å². The van der Waals surface area contributed by atoms with E-state index < -0.39 is 0 Å². The molecule has 21 heavy (non-hydrogen) atoms. The number of nitrogens with two attached hydrogens (primary N) is 1. The number of thioether (sulfide) groups is 1. The van der Waals surface area contributed by atoms with Crippen LogP contribution in [0, 0.1) is 6.92 Å². The molecule has 0 bridgehead atoms. The predicted molar refractivity (Wildman–Crippen MR) is 92.6 cm³/mol. The highest BCUT2D eigenvalue weighted by molar-refractivity contribution is 8.14. The number of amidine groups is 1. The van der Waals surface area contributed by atoms with E-state index in [1.54, 1.807) is 0 Å². The summed E-state index contributed by atoms with van der Waals surface area (Å²) < 4.78 is 0. The van der Waals surface area contributed by atoms with E-state index >= 15 is 0 Å². The number of nitrogens with zero attached hydrogens (tertiary/aromatic N) is 1. The first kappa shape index (κ1) is 14.2. The van der Waals surface area contributed by atoms with Gasteiger partial charge in [0.05, 0.1) is 10.9 Å². The largest absolute Gasteiger partial charge is 0.378 e. The highest BCUT2D eigenvalue weighted by Gasteiger charge is 2.20. The monoisotopic (exact) mass is 314 g/mol. The average molecular weight is 315 g/mol. The maximum Gasteiger partial charge on any atom is 0.160 e. The lowest BCUT2D eigenvalue weighted by molar-refractivity contribution is 1.22. The first-order valence-corrected chi connectivity index (χ1v) is 7.93. The van der Waals surface area contributed by atoms with Crippen LogP contribution in [0.4, 0.5) is 0 Å². The minimum absolute atomic E-state index is 0.0903. The molecule has 1 heterocycles. The number of aliphatic imine (C=N–C) groups is 1. The van der Waals surface area contributed by atoms with Gasteiger partial charge in [-0.25, -0.2) is 4.99 Å². The van der Waals surface area contributed by atoms with E-state index in [9.17, 15) is 0 Å². The molecule has 2 aromatic carbocycles. The van der Waals surface area contributed by atoms with Gasteiger partial charge in [-0.3, -0.25) is 0 Å². The van der Waals surface area contributed by atoms with E-state index in [-0.39, 0.29) is 5.25 Å². The second kappa shape index (κ2) is 5.96. The van der Waals surface area contributed by atoms with Crippen molar-refractivity contribution in [1.29, 1.82) is 0 Å². The average Bonchev–Trinajstić information content (AvgIpc) is 2.48. The molecule has 0 saturated carbocycles. The summed E-state index contributed by atoms with van der Waals surface area (Å²) in [6, 6.07) is 16.1. The van der Waals surface area contributed by atoms with Gasteiger partial charge in [-0.1, -0.05) is 71.4 Å². The summed E-state index contributed by atoms with van der Waals surface area (Å²) in [5.41, 5.74) is 10.3. The molecule has 0 spiro atoms. The normalized spacial score (nSPS) is 18.1. The third kappa shape index (κ3) is 3.14. The molecule has 0 amide bonds. The lowest BCUT2D eigenvalue weighted by atomic mass is 10.1. The Hall–Kier alpha value is -1.71. The van der Waals surface area contributed by atoms with Crippen molar-refractivity contribution < 1.29 is 0 Å². The van der Waals surface area contributed by atoms with Crippen LogP contribution in [0.5, 0.6) is 0 Å². The van der Waals surface area contributed by atoms with Crippen LogP contribution in [0.1, 0.15) is 21.9 Å². The van der Waals surface area contributed by atoms with Crippen LogP contribution < -0.4 is 5.73 Å². The molecule has 0 unspecified atom stereocenters. The number of hydrogen-bond donors (Lipinski definition) is 1. The lowest BCUT2D eigenvalue weighted by Gasteiger charge is -2.19. The Morgan fingerprint density at radius 3 is 2.52 bits per heavy atom. The zero-order valence-electron chi connectivity index (χ0n) is 11.6. The van der Waals surface area contributed by atoms with E-state index in [4.69, 9.17) is 17.3 Å². The summed E-state index contributed by atoms with van der Waals surface area (Å²) in [4.78, 5) is 4.46. The Morgan fingerprint density at radius 1 is 1.10 bits per heavy atom. The van der Waals surface area contributed by atoms with E-state index in [1.165, 1.54) is 17.3 Å². The number of hydrogen-bond acceptors (Lipinski definition) is 3. The predicted octanol–water partition coefficient (Wildman–Crippen LogP) is 4.79. The number of aryl methyl sites for hydroxylation is 1. The summed E-state index contributed by atoms with van der Waals surface area (Å²) in [5, 5.41) is 1.41. The molecule has 0 fully saturated rings. The van der Waals surface area contributed by atoms with Crippen LogP contribution in [0.2, 0.25) is 5.02 Å². The van der Waals surface area contributed by atoms with E-state index in [1.807, 2.05) is 24.3 Å². The van der Waals surface area contributed by atoms with E-state index in [0.29, 0.717) is 5.17 Å². The molecular weight excluding hydrogens is 300 g/mol. The van der Waals surface area contributed by atoms with Crippen molar-refractivity contribution >= 4 is 34.2 Å². The summed E-state index contributed by atoms with van der Waals surface area (Å²) in [6.07, 6.45) is 2.12. The molecular formula is C17H15ClN2S. The summed E-state index contributed by atoms with van der Waals surface area (Å²) >= 11 is 7.82. The fraction of sp³-hybridized carbons (Fsp3) is 0.118. The zero-order valence-corrected chi connectivity index (χ0v) is 13.2. The molecule has 2 N–H and O–H groups in total. The fourth-order valence-electron chi connectivity index (χ4n) is 2.23. The van der Waals surface area contributed by atoms with Crippen molar-refractivity contribution in [2.45, 2.75) is 12.2 Å². The van der Waals surface area contributed by atoms with Crippen LogP contribution in [0.25, 0.3) is 5.70 Å². The van der Waals surface area contributed by atoms with Gasteiger partial charge in [0.1, 0.15) is 0 Å². The van der Waals surface area contributed by atoms with E-state index in [2.05, 4.69) is 42.3 Å². The quantitative estimate of drug-likeness (QED) is 0.865. The third-order valence-corrected chi connectivity index (χ3v) is 4.67. The minimum Gasteiger partial charge on any atom is -0.378 e. The summed E-state index contributed by atoms with van der Waals surface area (Å²) in [6.45, 7) is 2.07. The Balaban J connectivity index is 2.00. The van der Waals surface area contributed by atoms with Crippen LogP contribution in [0.3, 0.4) is 0 Å². The highest BCUT2D eigenvalue weighted by Crippen LogP contribution is 2.40. The molecule has 0 saturated heterocycles. The first-order chi connectivity index (χ1) is 10.1. The van der Waals surface area contributed by atoms with Gasteiger partial charge in [0.2, 0.25) is 0 Å². The Kier molecular flexibility index (Phi) is 4.04. The molecule has 1 aliphatic rings. The van der Waals surface area contributed by atoms with Crippen LogP contribution in [-0.2, 0) is 0 Å². The fourth-order valence-corrected chi connectivity index (χ4v) is 3.49. The Labute approximate surface area is 133 Å². The molecule has 106 valence electrons. The van der Waals surface area contributed by atoms with Crippen molar-refractivity contribution in [1.82, 2.24) is 0 Å². The molecule has 4 heteroatoms. The van der Waals surface area contributed by atoms with Crippen molar-refractivity contribution in [2.24, 2.45) is 10.7 Å². The zero-order chi connectivity index (χ0) is 14.8. The summed E-state index contributed by atoms with van der Waals surface area (Å²) in [5.74, 6) is 0. The second-order valence-corrected chi connectivity index (χ2v) is 6.50. The van der Waals surface area contributed by atoms with Crippen molar-refractivity contribution in [3.8, 4) is 0 Å². The van der Waals surface area contributed by atoms with Gasteiger partial charge in [-0.15, -0.1) is 0 Å². The molecule has 0 radical (unpaired) electrons. The van der Waals surface area contributed by atoms with Gasteiger partial charge in [0, 0.05) is 5.02 Å². The van der Waals surface area contributed by atoms with Crippen LogP contribution >= 0.6 is 23.4 Å². The number of benzene rings is 2. The standard InChI is InChI=1S/C17H15ClN2S/c1-11-6-8-12(9-7-11)15-10-16(21-17(19)20-15)13-4-2-3-5-14(13)18/h2-10,16H,1H3,(H2,19,20)/t16-/m1/s1. The van der Waals surface area contributed by atoms with Crippen molar-refractivity contribution in [3.63, 3.8) is 0 Å². The number of halogens is 1. The van der Waals surface area contributed by atoms with Gasteiger partial charge in [-0.2, -0.15) is 0 Å². The highest BCUT2D eigenvalue weighted by atomic mass is 35.5. The minimum atomic E-state index is 0.0903. The summed E-state index contributed by atoms with van der Waals surface area (Å²) in [7, 11) is 0. The Bertz CT molecular complexity index is 720. The molecule has 0 aromatic heterocycles. The maximum absolute atomic E-state index is 6.30. The maximum atomic E-state index is 6.30. The van der Waals surface area contributed by atoms with Gasteiger partial charge in [-0.05, 0) is 30.2 Å². The molecule has 1 atom stereocenters. The molecule has 0 aliphatic carbocycles. The smallest absolute Gasteiger partial charge is 0.160 e. The van der Waals surface area contributed by atoms with Crippen molar-refractivity contribution in [3.05, 3.63) is 76.3 Å². The first-order valence-electron chi connectivity index (χ1n) is 6.67. The van der Waals surface area contributed by atoms with Crippen LogP contribution in [-0.4, -0.2) is 5.17 Å². The Morgan fingerprint density at radius 2 is 1.81 bits per heavy atom. The molecule has 2 aromatic rings. The molecule has 3 rings (SSSR count). The van der Waals surface area contributed by atoms with Gasteiger partial charge < -0.3 is 5.73 Å². The van der Waals surface area contributed by atoms with Gasteiger partial charge in [0.25, 0.3) is 0 Å².